The number of alkyl carbamates (subject to hydrolysis) is 1. The first kappa shape index (κ1) is 29.6. The number of nitrogens with one attached hydrogen (secondary N) is 3. The highest BCUT2D eigenvalue weighted by atomic mass is 35.5. The molecule has 1 aromatic carbocycles. The molecule has 4 fully saturated rings. The van der Waals surface area contributed by atoms with Crippen molar-refractivity contribution in [3.05, 3.63) is 40.4 Å². The molecule has 3 saturated heterocycles. The zero-order chi connectivity index (χ0) is 31.9. The Labute approximate surface area is 276 Å². The number of fused-ring (bicyclic) bond motifs is 6. The summed E-state index contributed by atoms with van der Waals surface area (Å²) in [5.74, 6) is 0.0783. The average molecular weight is 665 g/mol. The minimum atomic E-state index is -0.810. The van der Waals surface area contributed by atoms with E-state index in [0.717, 1.165) is 56.1 Å². The summed E-state index contributed by atoms with van der Waals surface area (Å²) in [6.45, 7) is 3.89. The van der Waals surface area contributed by atoms with Gasteiger partial charge in [-0.25, -0.2) is 14.2 Å². The molecule has 7 aliphatic rings. The number of aromatic amines is 1. The monoisotopic (exact) mass is 664 g/mol. The number of ether oxygens (including phenoxy) is 3. The second-order valence-corrected chi connectivity index (χ2v) is 14.2. The quantitative estimate of drug-likeness (QED) is 0.371. The van der Waals surface area contributed by atoms with Crippen molar-refractivity contribution in [2.24, 2.45) is 10.9 Å². The molecule has 1 amide bonds. The normalized spacial score (nSPS) is 29.4. The van der Waals surface area contributed by atoms with Crippen LogP contribution in [-0.4, -0.2) is 107 Å². The highest BCUT2D eigenvalue weighted by Gasteiger charge is 2.46. The summed E-state index contributed by atoms with van der Waals surface area (Å²) in [6, 6.07) is 1.46. The Bertz CT molecular complexity index is 1770. The Kier molecular flexibility index (Phi) is 7.11. The van der Waals surface area contributed by atoms with E-state index in [0.29, 0.717) is 53.6 Å². The molecule has 248 valence electrons. The van der Waals surface area contributed by atoms with Gasteiger partial charge in [0.15, 0.2) is 5.82 Å². The number of aliphatic imine (C=N–C) groups is 1. The lowest BCUT2D eigenvalue weighted by Gasteiger charge is -2.41. The first-order valence-corrected chi connectivity index (χ1v) is 17.1. The maximum Gasteiger partial charge on any atom is 0.407 e. The maximum atomic E-state index is 17.2. The predicted octanol–water partition coefficient (Wildman–Crippen LogP) is 4.45. The van der Waals surface area contributed by atoms with Gasteiger partial charge in [-0.15, -0.1) is 0 Å². The van der Waals surface area contributed by atoms with Crippen LogP contribution in [0.15, 0.2) is 23.5 Å². The first-order valence-electron chi connectivity index (χ1n) is 16.7. The number of amidine groups is 1. The summed E-state index contributed by atoms with van der Waals surface area (Å²) in [5.41, 5.74) is 3.08. The summed E-state index contributed by atoms with van der Waals surface area (Å²) < 4.78 is 35.3. The molecular weight excluding hydrogens is 627 g/mol. The van der Waals surface area contributed by atoms with Gasteiger partial charge >= 0.3 is 6.09 Å². The molecule has 3 N–H and O–H groups in total. The molecule has 6 aliphatic heterocycles. The van der Waals surface area contributed by atoms with Crippen molar-refractivity contribution in [2.45, 2.75) is 68.5 Å². The number of pyridine rings is 1. The molecule has 2 aromatic heterocycles. The number of piperidine rings is 1. The van der Waals surface area contributed by atoms with Crippen LogP contribution < -0.4 is 10.6 Å². The van der Waals surface area contributed by atoms with Crippen LogP contribution in [0, 0.1) is 11.7 Å². The van der Waals surface area contributed by atoms with Crippen LogP contribution in [0.4, 0.5) is 14.9 Å². The van der Waals surface area contributed by atoms with E-state index in [1.54, 1.807) is 19.5 Å². The third-order valence-electron chi connectivity index (χ3n) is 11.2. The number of hydrogen-bond donors (Lipinski definition) is 3. The summed E-state index contributed by atoms with van der Waals surface area (Å²) in [5, 5.41) is 14.8. The maximum absolute atomic E-state index is 17.2. The van der Waals surface area contributed by atoms with Crippen LogP contribution in [0.25, 0.3) is 22.2 Å². The van der Waals surface area contributed by atoms with Gasteiger partial charge < -0.3 is 29.7 Å². The van der Waals surface area contributed by atoms with E-state index in [1.165, 1.54) is 0 Å². The second-order valence-electron chi connectivity index (χ2n) is 13.8. The number of benzene rings is 1. The van der Waals surface area contributed by atoms with E-state index >= 15 is 4.39 Å². The average Bonchev–Trinajstić information content (AvgIpc) is 3.34. The van der Waals surface area contributed by atoms with E-state index in [4.69, 9.17) is 35.8 Å². The zero-order valence-corrected chi connectivity index (χ0v) is 27.0. The van der Waals surface area contributed by atoms with E-state index in [2.05, 4.69) is 30.6 Å². The van der Waals surface area contributed by atoms with Crippen LogP contribution in [0.1, 0.15) is 55.6 Å². The third kappa shape index (κ3) is 4.88. The second kappa shape index (κ2) is 11.3. The van der Waals surface area contributed by atoms with E-state index in [-0.39, 0.29) is 47.5 Å². The summed E-state index contributed by atoms with van der Waals surface area (Å²) in [7, 11) is 1.65. The van der Waals surface area contributed by atoms with Gasteiger partial charge in [-0.05, 0) is 69.2 Å². The topological polar surface area (TPSA) is 129 Å². The molecule has 0 spiro atoms. The van der Waals surface area contributed by atoms with Crippen LogP contribution in [0.5, 0.6) is 0 Å². The molecule has 5 atom stereocenters. The van der Waals surface area contributed by atoms with Crippen molar-refractivity contribution in [1.29, 1.82) is 0 Å². The van der Waals surface area contributed by atoms with Crippen LogP contribution in [0.3, 0.4) is 0 Å². The molecule has 0 radical (unpaired) electrons. The SMILES string of the molecule is COC1CCN2CC1NC(=O)OCC1CC1c1c(Cl)cc3[nH]ncc3c1-c1ncc3c(c1F)NC(OCC14CCCN1CCC4)N=C32. The Morgan fingerprint density at radius 2 is 2.04 bits per heavy atom. The number of amides is 1. The van der Waals surface area contributed by atoms with Gasteiger partial charge in [0, 0.05) is 53.8 Å². The van der Waals surface area contributed by atoms with Gasteiger partial charge in [-0.3, -0.25) is 15.0 Å². The Morgan fingerprint density at radius 3 is 2.87 bits per heavy atom. The van der Waals surface area contributed by atoms with Gasteiger partial charge in [0.1, 0.15) is 11.5 Å². The molecule has 1 saturated carbocycles. The lowest BCUT2D eigenvalue weighted by molar-refractivity contribution is 0.000931. The van der Waals surface area contributed by atoms with Crippen LogP contribution in [0.2, 0.25) is 5.02 Å². The van der Waals surface area contributed by atoms with Crippen molar-refractivity contribution in [3.63, 3.8) is 0 Å². The third-order valence-corrected chi connectivity index (χ3v) is 11.6. The van der Waals surface area contributed by atoms with Crippen molar-refractivity contribution < 1.29 is 23.4 Å². The lowest BCUT2D eigenvalue weighted by Crippen LogP contribution is -2.57. The standard InChI is InChI=1S/C33H38ClFN8O4/c1-45-24-4-9-42-14-23(24)38-32(44)46-15-17-10-18(17)25-21(34)11-22-19(13-37-41-22)26(25)29-27(35)28-20(12-36-29)30(42)40-31(39-28)47-16-33-5-2-7-43(33)8-3-6-33/h11-13,17-18,23-24,31,39H,2-10,14-16H2,1H3,(H,37,41)(H,38,44). The highest BCUT2D eigenvalue weighted by Crippen LogP contribution is 2.54. The molecule has 14 heteroatoms. The van der Waals surface area contributed by atoms with Gasteiger partial charge in [0.05, 0.1) is 48.3 Å². The Hall–Kier alpha value is -3.52. The van der Waals surface area contributed by atoms with Gasteiger partial charge in [0.2, 0.25) is 6.35 Å². The summed E-state index contributed by atoms with van der Waals surface area (Å²) >= 11 is 6.93. The van der Waals surface area contributed by atoms with Crippen molar-refractivity contribution in [2.75, 3.05) is 51.8 Å². The highest BCUT2D eigenvalue weighted by molar-refractivity contribution is 6.33. The van der Waals surface area contributed by atoms with Gasteiger partial charge in [-0.1, -0.05) is 11.6 Å². The number of methoxy groups -OCH3 is 1. The Balaban J connectivity index is 1.17. The van der Waals surface area contributed by atoms with Crippen molar-refractivity contribution >= 4 is 40.1 Å². The fourth-order valence-electron chi connectivity index (χ4n) is 8.73. The molecule has 1 aliphatic carbocycles. The minimum absolute atomic E-state index is 0.00290. The fraction of sp³-hybridized carbons (Fsp3) is 0.576. The van der Waals surface area contributed by atoms with E-state index in [1.807, 2.05) is 6.07 Å². The largest absolute Gasteiger partial charge is 0.449 e. The minimum Gasteiger partial charge on any atom is -0.449 e. The first-order chi connectivity index (χ1) is 22.9. The molecule has 10 rings (SSSR count). The lowest BCUT2D eigenvalue weighted by atomic mass is 9.94. The number of anilines is 1. The van der Waals surface area contributed by atoms with E-state index in [9.17, 15) is 4.79 Å². The molecule has 47 heavy (non-hydrogen) atoms. The number of halogens is 2. The van der Waals surface area contributed by atoms with E-state index < -0.39 is 18.3 Å². The number of carbonyl (C=O) groups is 1. The van der Waals surface area contributed by atoms with Crippen LogP contribution in [-0.2, 0) is 14.2 Å². The fourth-order valence-corrected chi connectivity index (χ4v) is 9.07. The van der Waals surface area contributed by atoms with Crippen molar-refractivity contribution in [3.8, 4) is 11.3 Å². The number of aromatic nitrogens is 3. The van der Waals surface area contributed by atoms with Crippen molar-refractivity contribution in [1.82, 2.24) is 30.3 Å². The molecule has 3 aromatic rings. The van der Waals surface area contributed by atoms with Crippen LogP contribution >= 0.6 is 11.6 Å². The number of nitrogens with zero attached hydrogens (tertiary/aromatic N) is 5. The van der Waals surface area contributed by atoms with Gasteiger partial charge in [-0.2, -0.15) is 5.10 Å². The molecule has 5 unspecified atom stereocenters. The number of rotatable bonds is 4. The predicted molar refractivity (Wildman–Crippen MR) is 173 cm³/mol. The number of H-pyrrole nitrogens is 1. The summed E-state index contributed by atoms with van der Waals surface area (Å²) in [4.78, 5) is 27.5. The van der Waals surface area contributed by atoms with Gasteiger partial charge in [0.25, 0.3) is 0 Å². The molecular formula is C33H38ClFN8O4. The Morgan fingerprint density at radius 1 is 1.19 bits per heavy atom. The molecule has 6 bridgehead atoms. The zero-order valence-electron chi connectivity index (χ0n) is 26.2. The number of carbonyl (C=O) groups excluding carboxylic acids is 1. The smallest absolute Gasteiger partial charge is 0.407 e. The number of hydrogen-bond acceptors (Lipinski definition) is 10. The summed E-state index contributed by atoms with van der Waals surface area (Å²) in [6.07, 6.45) is 7.73. The molecule has 8 heterocycles. The molecule has 12 nitrogen and oxygen atoms in total.